The number of H-pyrrole nitrogens is 5. The summed E-state index contributed by atoms with van der Waals surface area (Å²) in [6, 6.07) is 64.7. The SMILES string of the molecule is CC(C)COc1ccc(/C=C/c2ccccc2)cc1-c1ccn[nH]1.CC(C)COc1ccc(CCc2ccccc2)cc1-c1ccn[nH]1.CCOC(=O)c1cc(-c2ccccc2)n[nH]1.CCOC(=O)c1cc(-c2ccccc2OC)n[nH]1.COc1ccc(OC)c(-c2cc(C(=O)O)[nH]n2)c1. The number of esters is 2. The molecule has 5 heterocycles. The lowest BCUT2D eigenvalue weighted by Crippen LogP contribution is -2.05. The van der Waals surface area contributed by atoms with Gasteiger partial charge in [-0.1, -0.05) is 155 Å². The zero-order chi connectivity index (χ0) is 71.0. The molecule has 0 aliphatic rings. The van der Waals surface area contributed by atoms with Crippen molar-refractivity contribution in [3.05, 3.63) is 252 Å². The van der Waals surface area contributed by atoms with Crippen LogP contribution in [0.4, 0.5) is 0 Å². The molecule has 5 aromatic heterocycles. The molecule has 0 spiro atoms. The number of methoxy groups -OCH3 is 3. The van der Waals surface area contributed by atoms with Crippen molar-refractivity contribution in [3.8, 4) is 85.0 Å². The van der Waals surface area contributed by atoms with E-state index in [1.54, 1.807) is 70.8 Å². The summed E-state index contributed by atoms with van der Waals surface area (Å²) in [5.74, 6) is 2.87. The number of hydrogen-bond acceptors (Lipinski definition) is 15. The average molecular weight is 1350 g/mol. The first-order valence-corrected chi connectivity index (χ1v) is 32.6. The van der Waals surface area contributed by atoms with Crippen LogP contribution in [0.5, 0.6) is 28.7 Å². The molecular weight excluding hydrogens is 1260 g/mol. The number of ether oxygens (including phenoxy) is 7. The topological polar surface area (TPSA) is 279 Å². The maximum Gasteiger partial charge on any atom is 0.356 e. The Balaban J connectivity index is 0.000000161. The summed E-state index contributed by atoms with van der Waals surface area (Å²) in [5, 5.41) is 42.9. The molecule has 0 atom stereocenters. The molecule has 21 nitrogen and oxygen atoms in total. The predicted octanol–water partition coefficient (Wildman–Crippen LogP) is 16.5. The van der Waals surface area contributed by atoms with Gasteiger partial charge >= 0.3 is 17.9 Å². The van der Waals surface area contributed by atoms with E-state index >= 15 is 0 Å². The Morgan fingerprint density at radius 2 is 0.910 bits per heavy atom. The number of aromatic amines is 5. The molecule has 0 fully saturated rings. The summed E-state index contributed by atoms with van der Waals surface area (Å²) in [6.45, 7) is 14.2. The van der Waals surface area contributed by atoms with Crippen LogP contribution in [0.3, 0.4) is 0 Å². The molecule has 0 saturated heterocycles. The van der Waals surface area contributed by atoms with Crippen LogP contribution in [-0.2, 0) is 22.3 Å². The summed E-state index contributed by atoms with van der Waals surface area (Å²) >= 11 is 0. The maximum atomic E-state index is 11.5. The van der Waals surface area contributed by atoms with E-state index in [1.807, 2.05) is 91.0 Å². The van der Waals surface area contributed by atoms with E-state index in [9.17, 15) is 14.4 Å². The molecule has 7 aromatic carbocycles. The minimum absolute atomic E-state index is 0.0230. The zero-order valence-electron chi connectivity index (χ0n) is 57.5. The van der Waals surface area contributed by atoms with Gasteiger partial charge in [0.1, 0.15) is 45.8 Å². The van der Waals surface area contributed by atoms with E-state index in [0.29, 0.717) is 83.9 Å². The second kappa shape index (κ2) is 38.5. The lowest BCUT2D eigenvalue weighted by Gasteiger charge is -2.14. The number of aromatic nitrogens is 10. The van der Waals surface area contributed by atoms with Gasteiger partial charge in [0.05, 0.1) is 76.2 Å². The lowest BCUT2D eigenvalue weighted by molar-refractivity contribution is 0.0510. The van der Waals surface area contributed by atoms with Gasteiger partial charge in [0.15, 0.2) is 0 Å². The molecule has 0 bridgehead atoms. The van der Waals surface area contributed by atoms with Gasteiger partial charge in [-0.05, 0) is 146 Å². The van der Waals surface area contributed by atoms with Crippen molar-refractivity contribution in [2.75, 3.05) is 47.8 Å². The Kier molecular flexibility index (Phi) is 28.3. The Labute approximate surface area is 581 Å². The zero-order valence-corrected chi connectivity index (χ0v) is 57.5. The van der Waals surface area contributed by atoms with Crippen molar-refractivity contribution in [1.82, 2.24) is 51.0 Å². The monoisotopic (exact) mass is 1350 g/mol. The number of hydrogen-bond donors (Lipinski definition) is 6. The van der Waals surface area contributed by atoms with E-state index in [0.717, 1.165) is 69.2 Å². The van der Waals surface area contributed by atoms with Crippen molar-refractivity contribution in [2.24, 2.45) is 11.8 Å². The molecule has 100 heavy (non-hydrogen) atoms. The van der Waals surface area contributed by atoms with Crippen LogP contribution in [0.15, 0.2) is 213 Å². The molecule has 0 unspecified atom stereocenters. The minimum atomic E-state index is -1.06. The normalized spacial score (nSPS) is 10.6. The van der Waals surface area contributed by atoms with E-state index < -0.39 is 11.9 Å². The summed E-state index contributed by atoms with van der Waals surface area (Å²) in [7, 11) is 4.69. The van der Waals surface area contributed by atoms with Crippen LogP contribution >= 0.6 is 0 Å². The number of carbonyl (C=O) groups is 3. The fourth-order valence-corrected chi connectivity index (χ4v) is 9.68. The fraction of sp³-hybridized carbons (Fsp3) is 0.215. The van der Waals surface area contributed by atoms with Gasteiger partial charge in [0.2, 0.25) is 0 Å². The second-order valence-corrected chi connectivity index (χ2v) is 23.0. The van der Waals surface area contributed by atoms with Crippen molar-refractivity contribution >= 4 is 30.1 Å². The predicted molar refractivity (Wildman–Crippen MR) is 389 cm³/mol. The minimum Gasteiger partial charge on any atom is -0.497 e. The molecule has 0 amide bonds. The highest BCUT2D eigenvalue weighted by Crippen LogP contribution is 2.35. The Morgan fingerprint density at radius 3 is 1.46 bits per heavy atom. The molecule has 516 valence electrons. The Hall–Kier alpha value is -12.3. The molecule has 0 radical (unpaired) electrons. The van der Waals surface area contributed by atoms with Gasteiger partial charge in [-0.2, -0.15) is 25.5 Å². The highest BCUT2D eigenvalue weighted by Gasteiger charge is 2.18. The van der Waals surface area contributed by atoms with Crippen LogP contribution in [-0.4, -0.2) is 122 Å². The number of nitrogens with zero attached hydrogens (tertiary/aromatic N) is 5. The van der Waals surface area contributed by atoms with Crippen LogP contribution in [0.1, 0.15) is 95.3 Å². The van der Waals surface area contributed by atoms with Crippen molar-refractivity contribution < 1.29 is 52.6 Å². The number of carboxylic acid groups (broad SMARTS) is 1. The number of carbonyl (C=O) groups excluding carboxylic acids is 2. The lowest BCUT2D eigenvalue weighted by atomic mass is 10.0. The molecule has 6 N–H and O–H groups in total. The summed E-state index contributed by atoms with van der Waals surface area (Å²) in [6.07, 6.45) is 9.81. The quantitative estimate of drug-likeness (QED) is 0.0242. The van der Waals surface area contributed by atoms with E-state index in [2.05, 4.69) is 164 Å². The van der Waals surface area contributed by atoms with Gasteiger partial charge < -0.3 is 38.3 Å². The first kappa shape index (κ1) is 73.5. The molecule has 0 aliphatic carbocycles. The van der Waals surface area contributed by atoms with Crippen LogP contribution in [0.25, 0.3) is 68.4 Å². The highest BCUT2D eigenvalue weighted by molar-refractivity contribution is 5.90. The molecule has 0 aliphatic heterocycles. The summed E-state index contributed by atoms with van der Waals surface area (Å²) in [4.78, 5) is 33.7. The van der Waals surface area contributed by atoms with Gasteiger partial charge in [-0.3, -0.25) is 25.5 Å². The Bertz CT molecular complexity index is 4450. The third kappa shape index (κ3) is 22.1. The number of aromatic carboxylic acids is 1. The van der Waals surface area contributed by atoms with E-state index in [1.165, 1.54) is 29.9 Å². The van der Waals surface area contributed by atoms with Crippen LogP contribution < -0.4 is 23.7 Å². The average Bonchev–Trinajstić information content (AvgIpc) is 1.82. The largest absolute Gasteiger partial charge is 0.497 e. The van der Waals surface area contributed by atoms with Gasteiger partial charge in [0.25, 0.3) is 0 Å². The third-order valence-corrected chi connectivity index (χ3v) is 14.7. The molecule has 0 saturated carbocycles. The molecule has 21 heteroatoms. The van der Waals surface area contributed by atoms with Crippen LogP contribution in [0, 0.1) is 11.8 Å². The Morgan fingerprint density at radius 1 is 0.430 bits per heavy atom. The van der Waals surface area contributed by atoms with Crippen LogP contribution in [0.2, 0.25) is 0 Å². The van der Waals surface area contributed by atoms with Crippen molar-refractivity contribution in [3.63, 3.8) is 0 Å². The molecular formula is C79H84N10O11. The number of rotatable bonds is 24. The summed E-state index contributed by atoms with van der Waals surface area (Å²) in [5.41, 5.74) is 14.1. The second-order valence-electron chi connectivity index (χ2n) is 23.0. The van der Waals surface area contributed by atoms with Gasteiger partial charge in [-0.25, -0.2) is 14.4 Å². The van der Waals surface area contributed by atoms with E-state index in [4.69, 9.17) is 38.3 Å². The van der Waals surface area contributed by atoms with Gasteiger partial charge in [0, 0.05) is 40.2 Å². The molecule has 12 rings (SSSR count). The summed E-state index contributed by atoms with van der Waals surface area (Å²) < 4.78 is 37.3. The number of carboxylic acids is 1. The maximum absolute atomic E-state index is 11.5. The van der Waals surface area contributed by atoms with Crippen molar-refractivity contribution in [2.45, 2.75) is 54.4 Å². The number of nitrogens with one attached hydrogen (secondary N) is 5. The molecule has 12 aromatic rings. The fourth-order valence-electron chi connectivity index (χ4n) is 9.68. The van der Waals surface area contributed by atoms with Crippen molar-refractivity contribution in [1.29, 1.82) is 0 Å². The van der Waals surface area contributed by atoms with E-state index in [-0.39, 0.29) is 11.7 Å². The number of para-hydroxylation sites is 1. The number of aryl methyl sites for hydroxylation is 2. The first-order chi connectivity index (χ1) is 48.7. The smallest absolute Gasteiger partial charge is 0.356 e. The standard InChI is InChI=1S/C21H24N2O.C21H22N2O.C13H14N2O3.C12H12N2O4.C12H12N2O2/c2*1-16(2)15-24-21-11-10-18(9-8-17-6-4-3-5-7-17)14-19(21)20-12-13-22-23-20;1-3-18-13(16)11-8-10(14-15-11)9-6-4-5-7-12(9)17-2;1-17-7-3-4-11(18-2)8(5-7)9-6-10(12(15)16)14-13-9;1-2-16-12(15)11-8-10(13-14-11)9-6-4-3-5-7-9/h3-7,10-14,16H,8-9,15H2,1-2H3,(H,22,23);3-14,16H,15H2,1-2H3,(H,22,23);4-8H,3H2,1-2H3,(H,14,15);3-6H,1-2H3,(H,13,14)(H,15,16);3-8H,2H2,1H3,(H,13,14)/b;9-8+;;;. The number of benzene rings is 7. The first-order valence-electron chi connectivity index (χ1n) is 32.6. The van der Waals surface area contributed by atoms with Gasteiger partial charge in [-0.15, -0.1) is 0 Å². The highest BCUT2D eigenvalue weighted by atomic mass is 16.5. The third-order valence-electron chi connectivity index (χ3n) is 14.7.